The van der Waals surface area contributed by atoms with Gasteiger partial charge in [-0.2, -0.15) is 0 Å². The molecular weight excluding hydrogens is 370 g/mol. The van der Waals surface area contributed by atoms with Gasteiger partial charge in [0.15, 0.2) is 0 Å². The lowest BCUT2D eigenvalue weighted by molar-refractivity contribution is 0.603. The first kappa shape index (κ1) is 16.5. The predicted molar refractivity (Wildman–Crippen MR) is 93.1 cm³/mol. The largest absolute Gasteiger partial charge is 0.279 e. The quantitative estimate of drug-likeness (QED) is 0.713. The van der Waals surface area contributed by atoms with Gasteiger partial charge >= 0.3 is 0 Å². The Kier molecular flexibility index (Phi) is 5.84. The van der Waals surface area contributed by atoms with E-state index in [2.05, 4.69) is 20.7 Å². The van der Waals surface area contributed by atoms with Crippen LogP contribution in [0.3, 0.4) is 0 Å². The standard InChI is InChI=1S/C15H18BrNO2S2/c1-2-14-8-9-15(20-14)21(18,19)17-13-7-3-5-12(11-13)6-4-10-16/h3,5,7-9,11,17H,2,4,6,10H2,1H3. The van der Waals surface area contributed by atoms with E-state index < -0.39 is 10.0 Å². The van der Waals surface area contributed by atoms with Crippen molar-refractivity contribution in [2.24, 2.45) is 0 Å². The van der Waals surface area contributed by atoms with Crippen LogP contribution >= 0.6 is 27.3 Å². The molecule has 6 heteroatoms. The molecule has 0 atom stereocenters. The van der Waals surface area contributed by atoms with Gasteiger partial charge in [-0.05, 0) is 49.1 Å². The summed E-state index contributed by atoms with van der Waals surface area (Å²) in [6.07, 6.45) is 2.81. The van der Waals surface area contributed by atoms with E-state index in [1.165, 1.54) is 11.3 Å². The zero-order valence-corrected chi connectivity index (χ0v) is 15.0. The highest BCUT2D eigenvalue weighted by Crippen LogP contribution is 2.24. The van der Waals surface area contributed by atoms with Gasteiger partial charge in [-0.15, -0.1) is 11.3 Å². The molecule has 21 heavy (non-hydrogen) atoms. The number of anilines is 1. The second kappa shape index (κ2) is 7.42. The summed E-state index contributed by atoms with van der Waals surface area (Å²) in [6.45, 7) is 2.02. The molecule has 0 spiro atoms. The van der Waals surface area contributed by atoms with E-state index in [0.29, 0.717) is 9.90 Å². The van der Waals surface area contributed by atoms with Crippen LogP contribution in [0.2, 0.25) is 0 Å². The van der Waals surface area contributed by atoms with E-state index in [4.69, 9.17) is 0 Å². The topological polar surface area (TPSA) is 46.2 Å². The molecule has 114 valence electrons. The summed E-state index contributed by atoms with van der Waals surface area (Å²) in [6, 6.07) is 11.1. The molecule has 0 bridgehead atoms. The molecule has 0 saturated carbocycles. The number of aryl methyl sites for hydroxylation is 2. The van der Waals surface area contributed by atoms with Crippen LogP contribution in [-0.4, -0.2) is 13.7 Å². The molecule has 0 aliphatic heterocycles. The third-order valence-corrected chi connectivity index (χ3v) is 6.69. The summed E-state index contributed by atoms with van der Waals surface area (Å²) in [5, 5.41) is 0.942. The Morgan fingerprint density at radius 3 is 2.71 bits per heavy atom. The van der Waals surface area contributed by atoms with Crippen molar-refractivity contribution < 1.29 is 8.42 Å². The average molecular weight is 388 g/mol. The molecule has 2 rings (SSSR count). The highest BCUT2D eigenvalue weighted by atomic mass is 79.9. The highest BCUT2D eigenvalue weighted by molar-refractivity contribution is 9.09. The number of sulfonamides is 1. The molecule has 1 N–H and O–H groups in total. The maximum absolute atomic E-state index is 12.3. The van der Waals surface area contributed by atoms with Crippen LogP contribution in [0.5, 0.6) is 0 Å². The van der Waals surface area contributed by atoms with Crippen LogP contribution in [0, 0.1) is 0 Å². The van der Waals surface area contributed by atoms with E-state index in [-0.39, 0.29) is 0 Å². The molecule has 0 saturated heterocycles. The second-order valence-electron chi connectivity index (χ2n) is 4.67. The van der Waals surface area contributed by atoms with Gasteiger partial charge in [-0.25, -0.2) is 8.42 Å². The molecule has 1 aromatic heterocycles. The van der Waals surface area contributed by atoms with Crippen molar-refractivity contribution in [2.75, 3.05) is 10.1 Å². The summed E-state index contributed by atoms with van der Waals surface area (Å²) < 4.78 is 27.7. The van der Waals surface area contributed by atoms with Gasteiger partial charge in [-0.3, -0.25) is 4.72 Å². The summed E-state index contributed by atoms with van der Waals surface area (Å²) in [7, 11) is -3.48. The summed E-state index contributed by atoms with van der Waals surface area (Å²) >= 11 is 4.72. The Balaban J connectivity index is 2.16. The Morgan fingerprint density at radius 1 is 1.24 bits per heavy atom. The van der Waals surface area contributed by atoms with Gasteiger partial charge in [-0.1, -0.05) is 35.0 Å². The lowest BCUT2D eigenvalue weighted by atomic mass is 10.1. The summed E-state index contributed by atoms with van der Waals surface area (Å²) in [4.78, 5) is 1.07. The molecular formula is C15H18BrNO2S2. The third-order valence-electron chi connectivity index (χ3n) is 3.03. The third kappa shape index (κ3) is 4.56. The van der Waals surface area contributed by atoms with Crippen molar-refractivity contribution in [2.45, 2.75) is 30.4 Å². The average Bonchev–Trinajstić information content (AvgIpc) is 2.95. The Labute approximate surface area is 138 Å². The lowest BCUT2D eigenvalue weighted by Gasteiger charge is -2.08. The van der Waals surface area contributed by atoms with Crippen LogP contribution in [0.25, 0.3) is 0 Å². The van der Waals surface area contributed by atoms with Crippen LogP contribution in [0.15, 0.2) is 40.6 Å². The molecule has 0 radical (unpaired) electrons. The van der Waals surface area contributed by atoms with Crippen molar-refractivity contribution in [1.29, 1.82) is 0 Å². The summed E-state index contributed by atoms with van der Waals surface area (Å²) in [5.74, 6) is 0. The van der Waals surface area contributed by atoms with Crippen molar-refractivity contribution >= 4 is 43.0 Å². The smallest absolute Gasteiger partial charge is 0.271 e. The number of hydrogen-bond donors (Lipinski definition) is 1. The minimum atomic E-state index is -3.48. The number of alkyl halides is 1. The van der Waals surface area contributed by atoms with Crippen LogP contribution in [0.1, 0.15) is 23.8 Å². The van der Waals surface area contributed by atoms with E-state index in [0.717, 1.165) is 35.0 Å². The molecule has 0 amide bonds. The van der Waals surface area contributed by atoms with Crippen LogP contribution in [0.4, 0.5) is 5.69 Å². The van der Waals surface area contributed by atoms with Gasteiger partial charge in [0.25, 0.3) is 10.0 Å². The zero-order chi connectivity index (χ0) is 15.3. The molecule has 0 aliphatic rings. The van der Waals surface area contributed by atoms with E-state index in [9.17, 15) is 8.42 Å². The maximum atomic E-state index is 12.3. The van der Waals surface area contributed by atoms with Gasteiger partial charge in [0, 0.05) is 15.9 Å². The number of thiophene rings is 1. The number of halogens is 1. The number of benzene rings is 1. The molecule has 0 unspecified atom stereocenters. The second-order valence-corrected chi connectivity index (χ2v) is 8.54. The van der Waals surface area contributed by atoms with Gasteiger partial charge < -0.3 is 0 Å². The minimum absolute atomic E-state index is 0.366. The number of nitrogens with one attached hydrogen (secondary N) is 1. The fraction of sp³-hybridized carbons (Fsp3) is 0.333. The normalized spacial score (nSPS) is 11.5. The number of hydrogen-bond acceptors (Lipinski definition) is 3. The molecule has 2 aromatic rings. The van der Waals surface area contributed by atoms with E-state index >= 15 is 0 Å². The van der Waals surface area contributed by atoms with Crippen molar-refractivity contribution in [3.63, 3.8) is 0 Å². The van der Waals surface area contributed by atoms with Crippen LogP contribution in [-0.2, 0) is 22.9 Å². The molecule has 1 aromatic carbocycles. The monoisotopic (exact) mass is 387 g/mol. The Bertz CT molecular complexity index is 695. The van der Waals surface area contributed by atoms with Crippen LogP contribution < -0.4 is 4.72 Å². The van der Waals surface area contributed by atoms with Gasteiger partial charge in [0.05, 0.1) is 0 Å². The van der Waals surface area contributed by atoms with Crippen molar-refractivity contribution in [1.82, 2.24) is 0 Å². The maximum Gasteiger partial charge on any atom is 0.271 e. The molecule has 0 aliphatic carbocycles. The van der Waals surface area contributed by atoms with Gasteiger partial charge in [0.2, 0.25) is 0 Å². The van der Waals surface area contributed by atoms with E-state index in [1.807, 2.05) is 31.2 Å². The van der Waals surface area contributed by atoms with Crippen molar-refractivity contribution in [3.8, 4) is 0 Å². The fourth-order valence-electron chi connectivity index (χ4n) is 1.96. The Morgan fingerprint density at radius 2 is 2.05 bits per heavy atom. The fourth-order valence-corrected chi connectivity index (χ4v) is 4.58. The SMILES string of the molecule is CCc1ccc(S(=O)(=O)Nc2cccc(CCCBr)c2)s1. The number of rotatable bonds is 7. The lowest BCUT2D eigenvalue weighted by Crippen LogP contribution is -2.11. The molecule has 0 fully saturated rings. The molecule has 3 nitrogen and oxygen atoms in total. The summed E-state index contributed by atoms with van der Waals surface area (Å²) in [5.41, 5.74) is 1.75. The highest BCUT2D eigenvalue weighted by Gasteiger charge is 2.16. The first-order valence-electron chi connectivity index (χ1n) is 6.81. The van der Waals surface area contributed by atoms with Gasteiger partial charge in [0.1, 0.15) is 4.21 Å². The first-order valence-corrected chi connectivity index (χ1v) is 10.2. The molecule has 1 heterocycles. The Hall–Kier alpha value is -0.850. The van der Waals surface area contributed by atoms with Crippen molar-refractivity contribution in [3.05, 3.63) is 46.8 Å². The predicted octanol–water partition coefficient (Wildman–Crippen LogP) is 4.44. The van der Waals surface area contributed by atoms with E-state index in [1.54, 1.807) is 12.1 Å². The zero-order valence-electron chi connectivity index (χ0n) is 11.8. The minimum Gasteiger partial charge on any atom is -0.279 e. The first-order chi connectivity index (χ1) is 10.0.